The Morgan fingerprint density at radius 3 is 2.52 bits per heavy atom. The van der Waals surface area contributed by atoms with E-state index in [1.54, 1.807) is 4.68 Å². The van der Waals surface area contributed by atoms with E-state index in [9.17, 15) is 10.1 Å². The molecule has 0 aliphatic heterocycles. The fourth-order valence-electron chi connectivity index (χ4n) is 2.77. The number of rotatable bonds is 9. The van der Waals surface area contributed by atoms with Crippen molar-refractivity contribution in [1.29, 1.82) is 5.26 Å². The van der Waals surface area contributed by atoms with E-state index in [2.05, 4.69) is 35.6 Å². The van der Waals surface area contributed by atoms with Gasteiger partial charge in [0.15, 0.2) is 0 Å². The van der Waals surface area contributed by atoms with Crippen LogP contribution in [0.25, 0.3) is 5.69 Å². The lowest BCUT2D eigenvalue weighted by Gasteiger charge is -2.08. The van der Waals surface area contributed by atoms with Crippen LogP contribution in [0.15, 0.2) is 30.3 Å². The second-order valence-corrected chi connectivity index (χ2v) is 6.89. The van der Waals surface area contributed by atoms with E-state index in [1.165, 1.54) is 0 Å². The number of carbonyl (C=O) groups excluding carboxylic acids is 1. The van der Waals surface area contributed by atoms with Crippen LogP contribution in [-0.2, 0) is 6.42 Å². The zero-order valence-corrected chi connectivity index (χ0v) is 16.0. The monoisotopic (exact) mass is 368 g/mol. The third-order valence-corrected chi connectivity index (χ3v) is 4.23. The van der Waals surface area contributed by atoms with Gasteiger partial charge >= 0.3 is 6.03 Å². The largest absolute Gasteiger partial charge is 0.382 e. The zero-order chi connectivity index (χ0) is 19.6. The number of anilines is 1. The van der Waals surface area contributed by atoms with Gasteiger partial charge in [-0.1, -0.05) is 32.0 Å². The molecule has 0 aliphatic carbocycles. The number of para-hydroxylation sites is 1. The Hall–Kier alpha value is -3.01. The lowest BCUT2D eigenvalue weighted by atomic mass is 10.1. The van der Waals surface area contributed by atoms with Gasteiger partial charge < -0.3 is 16.4 Å². The number of aromatic nitrogens is 2. The molecule has 144 valence electrons. The quantitative estimate of drug-likeness (QED) is 0.591. The van der Waals surface area contributed by atoms with Gasteiger partial charge in [-0.3, -0.25) is 0 Å². The molecule has 1 heterocycles. The normalized spacial score (nSPS) is 10.6. The minimum atomic E-state index is -0.159. The maximum atomic E-state index is 11.8. The molecule has 2 aromatic rings. The second-order valence-electron chi connectivity index (χ2n) is 6.89. The molecule has 0 bridgehead atoms. The number of hydrogen-bond acceptors (Lipinski definition) is 4. The van der Waals surface area contributed by atoms with Crippen molar-refractivity contribution >= 4 is 11.8 Å². The summed E-state index contributed by atoms with van der Waals surface area (Å²) >= 11 is 0. The molecule has 0 fully saturated rings. The first-order chi connectivity index (χ1) is 13.0. The van der Waals surface area contributed by atoms with Gasteiger partial charge in [-0.25, -0.2) is 9.48 Å². The van der Waals surface area contributed by atoms with Crippen molar-refractivity contribution in [3.63, 3.8) is 0 Å². The van der Waals surface area contributed by atoms with Crippen molar-refractivity contribution in [3.8, 4) is 11.8 Å². The summed E-state index contributed by atoms with van der Waals surface area (Å²) in [6, 6.07) is 11.5. The summed E-state index contributed by atoms with van der Waals surface area (Å²) < 4.78 is 1.59. The Morgan fingerprint density at radius 1 is 1.22 bits per heavy atom. The summed E-state index contributed by atoms with van der Waals surface area (Å²) in [6.45, 7) is 5.53. The number of aryl methyl sites for hydroxylation is 1. The Labute approximate surface area is 160 Å². The van der Waals surface area contributed by atoms with E-state index in [1.807, 2.05) is 30.3 Å². The molecule has 27 heavy (non-hydrogen) atoms. The highest BCUT2D eigenvalue weighted by Gasteiger charge is 2.16. The van der Waals surface area contributed by atoms with E-state index in [0.29, 0.717) is 48.9 Å². The molecule has 0 saturated carbocycles. The maximum absolute atomic E-state index is 11.8. The molecule has 0 aliphatic rings. The fourth-order valence-corrected chi connectivity index (χ4v) is 2.77. The number of nitrogens with one attached hydrogen (secondary N) is 2. The van der Waals surface area contributed by atoms with Crippen LogP contribution in [0.3, 0.4) is 0 Å². The summed E-state index contributed by atoms with van der Waals surface area (Å²) in [7, 11) is 0. The van der Waals surface area contributed by atoms with Gasteiger partial charge in [0.1, 0.15) is 17.5 Å². The van der Waals surface area contributed by atoms with E-state index >= 15 is 0 Å². The third kappa shape index (κ3) is 6.03. The number of hydrogen-bond donors (Lipinski definition) is 3. The molecule has 0 atom stereocenters. The SMILES string of the molecule is CC(C)CCCNC(=O)NCCCc1nn(-c2ccccc2)c(N)c1C#N. The van der Waals surface area contributed by atoms with Gasteiger partial charge in [0.05, 0.1) is 11.4 Å². The first-order valence-corrected chi connectivity index (χ1v) is 9.37. The number of nitriles is 1. The van der Waals surface area contributed by atoms with Crippen LogP contribution >= 0.6 is 0 Å². The molecule has 1 aromatic heterocycles. The van der Waals surface area contributed by atoms with E-state index in [4.69, 9.17) is 5.73 Å². The van der Waals surface area contributed by atoms with Crippen molar-refractivity contribution in [2.24, 2.45) is 5.92 Å². The molecule has 2 rings (SSSR count). The lowest BCUT2D eigenvalue weighted by Crippen LogP contribution is -2.36. The van der Waals surface area contributed by atoms with Crippen molar-refractivity contribution in [3.05, 3.63) is 41.6 Å². The van der Waals surface area contributed by atoms with Crippen LogP contribution in [-0.4, -0.2) is 28.9 Å². The Bertz CT molecular complexity index is 776. The van der Waals surface area contributed by atoms with Gasteiger partial charge in [-0.15, -0.1) is 0 Å². The number of nitrogens with zero attached hydrogens (tertiary/aromatic N) is 3. The van der Waals surface area contributed by atoms with Crippen LogP contribution in [0.5, 0.6) is 0 Å². The Morgan fingerprint density at radius 2 is 1.89 bits per heavy atom. The van der Waals surface area contributed by atoms with Crippen molar-refractivity contribution in [2.75, 3.05) is 18.8 Å². The second kappa shape index (κ2) is 10.2. The Balaban J connectivity index is 1.82. The number of amides is 2. The molecule has 0 saturated heterocycles. The topological polar surface area (TPSA) is 109 Å². The van der Waals surface area contributed by atoms with Crippen LogP contribution in [0.2, 0.25) is 0 Å². The fraction of sp³-hybridized carbons (Fsp3) is 0.450. The number of benzene rings is 1. The minimum Gasteiger partial charge on any atom is -0.382 e. The average Bonchev–Trinajstić information content (AvgIpc) is 2.98. The predicted molar refractivity (Wildman–Crippen MR) is 106 cm³/mol. The lowest BCUT2D eigenvalue weighted by molar-refractivity contribution is 0.240. The molecular formula is C20H28N6O. The van der Waals surface area contributed by atoms with Gasteiger partial charge in [-0.05, 0) is 43.7 Å². The number of nitrogen functional groups attached to an aromatic ring is 1. The highest BCUT2D eigenvalue weighted by Crippen LogP contribution is 2.21. The zero-order valence-electron chi connectivity index (χ0n) is 16.0. The highest BCUT2D eigenvalue weighted by molar-refractivity contribution is 5.73. The van der Waals surface area contributed by atoms with Crippen LogP contribution in [0.1, 0.15) is 44.4 Å². The predicted octanol–water partition coefficient (Wildman–Crippen LogP) is 2.99. The molecule has 0 spiro atoms. The average molecular weight is 368 g/mol. The van der Waals surface area contributed by atoms with Crippen LogP contribution < -0.4 is 16.4 Å². The van der Waals surface area contributed by atoms with E-state index in [-0.39, 0.29) is 6.03 Å². The van der Waals surface area contributed by atoms with Crippen molar-refractivity contribution in [1.82, 2.24) is 20.4 Å². The first kappa shape index (κ1) is 20.3. The van der Waals surface area contributed by atoms with Crippen molar-refractivity contribution < 1.29 is 4.79 Å². The summed E-state index contributed by atoms with van der Waals surface area (Å²) in [5.41, 5.74) is 7.95. The maximum Gasteiger partial charge on any atom is 0.314 e. The summed E-state index contributed by atoms with van der Waals surface area (Å²) in [5.74, 6) is 0.988. The number of carbonyl (C=O) groups is 1. The highest BCUT2D eigenvalue weighted by atomic mass is 16.2. The molecule has 0 radical (unpaired) electrons. The summed E-state index contributed by atoms with van der Waals surface area (Å²) in [6.07, 6.45) is 3.33. The standard InChI is InChI=1S/C20H28N6O/c1-15(2)8-6-12-23-20(27)24-13-7-11-18-17(14-21)19(22)26(25-18)16-9-4-3-5-10-16/h3-5,9-10,15H,6-8,11-13,22H2,1-2H3,(H2,23,24,27). The van der Waals surface area contributed by atoms with Gasteiger partial charge in [0.2, 0.25) is 0 Å². The van der Waals surface area contributed by atoms with E-state index in [0.717, 1.165) is 18.5 Å². The molecule has 7 heteroatoms. The summed E-state index contributed by atoms with van der Waals surface area (Å²) in [4.78, 5) is 11.8. The number of nitrogens with two attached hydrogens (primary N) is 1. The van der Waals surface area contributed by atoms with E-state index < -0.39 is 0 Å². The molecule has 1 aromatic carbocycles. The molecule has 0 unspecified atom stereocenters. The molecular weight excluding hydrogens is 340 g/mol. The molecule has 7 nitrogen and oxygen atoms in total. The smallest absolute Gasteiger partial charge is 0.314 e. The first-order valence-electron chi connectivity index (χ1n) is 9.37. The van der Waals surface area contributed by atoms with Crippen LogP contribution in [0.4, 0.5) is 10.6 Å². The third-order valence-electron chi connectivity index (χ3n) is 4.23. The van der Waals surface area contributed by atoms with Gasteiger partial charge in [0.25, 0.3) is 0 Å². The van der Waals surface area contributed by atoms with Gasteiger partial charge in [-0.2, -0.15) is 10.4 Å². The summed E-state index contributed by atoms with van der Waals surface area (Å²) in [5, 5.41) is 19.6. The minimum absolute atomic E-state index is 0.159. The molecule has 2 amide bonds. The van der Waals surface area contributed by atoms with Crippen molar-refractivity contribution in [2.45, 2.75) is 39.5 Å². The van der Waals surface area contributed by atoms with Crippen LogP contribution in [0, 0.1) is 17.2 Å². The molecule has 4 N–H and O–H groups in total. The number of urea groups is 1. The van der Waals surface area contributed by atoms with Gasteiger partial charge in [0, 0.05) is 13.1 Å². The Kier molecular flexibility index (Phi) is 7.68.